The largest absolute Gasteiger partial charge is 0.355 e. The number of thioether (sulfide) groups is 1. The van der Waals surface area contributed by atoms with E-state index in [-0.39, 0.29) is 5.91 Å². The molecule has 8 nitrogen and oxygen atoms in total. The van der Waals surface area contributed by atoms with Crippen LogP contribution in [0.15, 0.2) is 29.4 Å². The predicted molar refractivity (Wildman–Crippen MR) is 96.3 cm³/mol. The van der Waals surface area contributed by atoms with E-state index in [1.165, 1.54) is 11.8 Å². The van der Waals surface area contributed by atoms with Crippen molar-refractivity contribution >= 4 is 28.7 Å². The van der Waals surface area contributed by atoms with Gasteiger partial charge in [0, 0.05) is 38.7 Å². The Labute approximate surface area is 150 Å². The lowest BCUT2D eigenvalue weighted by Crippen LogP contribution is -2.26. The van der Waals surface area contributed by atoms with Crippen LogP contribution in [-0.2, 0) is 24.8 Å². The van der Waals surface area contributed by atoms with Crippen LogP contribution in [-0.4, -0.2) is 48.0 Å². The van der Waals surface area contributed by atoms with Crippen molar-refractivity contribution in [3.63, 3.8) is 0 Å². The monoisotopic (exact) mass is 359 g/mol. The Morgan fingerprint density at radius 2 is 2.16 bits per heavy atom. The Morgan fingerprint density at radius 3 is 2.92 bits per heavy atom. The number of rotatable bonds is 8. The van der Waals surface area contributed by atoms with Gasteiger partial charge in [-0.15, -0.1) is 5.10 Å². The molecule has 2 heterocycles. The highest BCUT2D eigenvalue weighted by atomic mass is 32.2. The first-order valence-corrected chi connectivity index (χ1v) is 9.23. The lowest BCUT2D eigenvalue weighted by Gasteiger charge is -2.09. The first kappa shape index (κ1) is 17.4. The van der Waals surface area contributed by atoms with E-state index in [9.17, 15) is 4.79 Å². The van der Waals surface area contributed by atoms with Gasteiger partial charge < -0.3 is 9.88 Å². The Balaban J connectivity index is 1.48. The Kier molecular flexibility index (Phi) is 5.64. The number of tetrazole rings is 1. The maximum Gasteiger partial charge on any atom is 0.221 e. The van der Waals surface area contributed by atoms with Crippen molar-refractivity contribution in [2.75, 3.05) is 12.3 Å². The van der Waals surface area contributed by atoms with E-state index in [0.29, 0.717) is 19.5 Å². The number of fused-ring (bicyclic) bond motifs is 1. The summed E-state index contributed by atoms with van der Waals surface area (Å²) in [7, 11) is 1.79. The van der Waals surface area contributed by atoms with Crippen molar-refractivity contribution in [2.24, 2.45) is 7.05 Å². The number of nitrogens with zero attached hydrogens (tertiary/aromatic N) is 6. The fourth-order valence-corrected chi connectivity index (χ4v) is 3.33. The smallest absolute Gasteiger partial charge is 0.221 e. The van der Waals surface area contributed by atoms with Gasteiger partial charge in [-0.25, -0.2) is 9.67 Å². The molecule has 132 valence electrons. The average Bonchev–Trinajstić information content (AvgIpc) is 3.20. The van der Waals surface area contributed by atoms with Crippen LogP contribution in [0.3, 0.4) is 0 Å². The van der Waals surface area contributed by atoms with Gasteiger partial charge in [-0.2, -0.15) is 0 Å². The van der Waals surface area contributed by atoms with E-state index < -0.39 is 0 Å². The van der Waals surface area contributed by atoms with Crippen LogP contribution in [0.2, 0.25) is 0 Å². The molecule has 0 unspecified atom stereocenters. The van der Waals surface area contributed by atoms with Gasteiger partial charge in [0.2, 0.25) is 11.1 Å². The number of hydrogen-bond donors (Lipinski definition) is 1. The minimum atomic E-state index is 0.0384. The van der Waals surface area contributed by atoms with Gasteiger partial charge >= 0.3 is 0 Å². The zero-order valence-electron chi connectivity index (χ0n) is 14.3. The molecule has 0 fully saturated rings. The van der Waals surface area contributed by atoms with Gasteiger partial charge in [-0.1, -0.05) is 30.8 Å². The maximum atomic E-state index is 12.1. The number of aromatic nitrogens is 6. The zero-order valence-corrected chi connectivity index (χ0v) is 15.2. The first-order valence-electron chi connectivity index (χ1n) is 8.25. The van der Waals surface area contributed by atoms with Crippen molar-refractivity contribution in [3.05, 3.63) is 30.1 Å². The predicted octanol–water partition coefficient (Wildman–Crippen LogP) is 1.42. The number of aryl methyl sites for hydroxylation is 3. The third-order valence-corrected chi connectivity index (χ3v) is 4.86. The van der Waals surface area contributed by atoms with E-state index in [1.54, 1.807) is 11.7 Å². The summed E-state index contributed by atoms with van der Waals surface area (Å²) in [5, 5.41) is 14.9. The van der Waals surface area contributed by atoms with Crippen molar-refractivity contribution in [1.29, 1.82) is 0 Å². The average molecular weight is 359 g/mol. The summed E-state index contributed by atoms with van der Waals surface area (Å²) in [4.78, 5) is 16.7. The molecule has 3 aromatic rings. The molecule has 9 heteroatoms. The lowest BCUT2D eigenvalue weighted by molar-refractivity contribution is -0.121. The first-order chi connectivity index (χ1) is 12.2. The van der Waals surface area contributed by atoms with E-state index in [1.807, 2.05) is 24.3 Å². The van der Waals surface area contributed by atoms with E-state index in [2.05, 4.69) is 37.3 Å². The van der Waals surface area contributed by atoms with Gasteiger partial charge in [0.15, 0.2) is 0 Å². The highest BCUT2D eigenvalue weighted by Crippen LogP contribution is 2.17. The third kappa shape index (κ3) is 4.16. The highest BCUT2D eigenvalue weighted by molar-refractivity contribution is 7.99. The van der Waals surface area contributed by atoms with Crippen LogP contribution >= 0.6 is 11.8 Å². The second kappa shape index (κ2) is 8.11. The fraction of sp³-hybridized carbons (Fsp3) is 0.438. The van der Waals surface area contributed by atoms with Crippen molar-refractivity contribution < 1.29 is 4.79 Å². The molecule has 0 aliphatic rings. The fourth-order valence-electron chi connectivity index (χ4n) is 2.62. The molecule has 0 aliphatic heterocycles. The number of para-hydroxylation sites is 2. The second-order valence-corrected chi connectivity index (χ2v) is 6.62. The summed E-state index contributed by atoms with van der Waals surface area (Å²) < 4.78 is 3.75. The van der Waals surface area contributed by atoms with Crippen LogP contribution in [0, 0.1) is 0 Å². The molecule has 0 atom stereocenters. The molecule has 0 saturated carbocycles. The Morgan fingerprint density at radius 1 is 1.32 bits per heavy atom. The molecule has 1 amide bonds. The normalized spacial score (nSPS) is 11.1. The molecule has 3 rings (SSSR count). The zero-order chi connectivity index (χ0) is 17.6. The summed E-state index contributed by atoms with van der Waals surface area (Å²) in [6.07, 6.45) is 1.28. The number of imidazole rings is 1. The van der Waals surface area contributed by atoms with Gasteiger partial charge in [-0.3, -0.25) is 4.79 Å². The van der Waals surface area contributed by atoms with Crippen LogP contribution in [0.5, 0.6) is 0 Å². The summed E-state index contributed by atoms with van der Waals surface area (Å²) in [5.74, 6) is 1.78. The standard InChI is InChI=1S/C16H21N7OS/c1-3-14-18-12-6-4-5-7-13(12)23(14)10-8-15(24)17-9-11-25-16-19-20-21-22(16)2/h4-7H,3,8-11H2,1-2H3,(H,17,24). The Hall–Kier alpha value is -2.42. The molecule has 1 N–H and O–H groups in total. The molecule has 0 bridgehead atoms. The number of amides is 1. The van der Waals surface area contributed by atoms with Crippen LogP contribution < -0.4 is 5.32 Å². The van der Waals surface area contributed by atoms with Crippen LogP contribution in [0.4, 0.5) is 0 Å². The molecular weight excluding hydrogens is 338 g/mol. The lowest BCUT2D eigenvalue weighted by atomic mass is 10.3. The van der Waals surface area contributed by atoms with Gasteiger partial charge in [0.05, 0.1) is 11.0 Å². The van der Waals surface area contributed by atoms with Gasteiger partial charge in [-0.05, 0) is 22.6 Å². The summed E-state index contributed by atoms with van der Waals surface area (Å²) in [6.45, 7) is 3.30. The van der Waals surface area contributed by atoms with Gasteiger partial charge in [0.1, 0.15) is 5.82 Å². The van der Waals surface area contributed by atoms with Crippen LogP contribution in [0.25, 0.3) is 11.0 Å². The molecule has 25 heavy (non-hydrogen) atoms. The number of carbonyl (C=O) groups is 1. The molecule has 1 aromatic carbocycles. The maximum absolute atomic E-state index is 12.1. The molecular formula is C16H21N7OS. The topological polar surface area (TPSA) is 90.5 Å². The van der Waals surface area contributed by atoms with Crippen molar-refractivity contribution in [1.82, 2.24) is 35.1 Å². The SMILES string of the molecule is CCc1nc2ccccc2n1CCC(=O)NCCSc1nnnn1C. The van der Waals surface area contributed by atoms with Crippen molar-refractivity contribution in [3.8, 4) is 0 Å². The second-order valence-electron chi connectivity index (χ2n) is 5.56. The van der Waals surface area contributed by atoms with E-state index in [0.717, 1.165) is 34.2 Å². The minimum Gasteiger partial charge on any atom is -0.355 e. The Bertz CT molecular complexity index is 857. The molecule has 2 aromatic heterocycles. The van der Waals surface area contributed by atoms with Crippen molar-refractivity contribution in [2.45, 2.75) is 31.5 Å². The van der Waals surface area contributed by atoms with E-state index >= 15 is 0 Å². The molecule has 0 aliphatic carbocycles. The number of benzene rings is 1. The summed E-state index contributed by atoms with van der Waals surface area (Å²) in [5.41, 5.74) is 2.06. The molecule has 0 spiro atoms. The number of hydrogen-bond acceptors (Lipinski definition) is 6. The number of nitrogens with one attached hydrogen (secondary N) is 1. The summed E-state index contributed by atoms with van der Waals surface area (Å²) in [6, 6.07) is 8.03. The minimum absolute atomic E-state index is 0.0384. The summed E-state index contributed by atoms with van der Waals surface area (Å²) >= 11 is 1.52. The third-order valence-electron chi connectivity index (χ3n) is 3.85. The highest BCUT2D eigenvalue weighted by Gasteiger charge is 2.10. The molecule has 0 radical (unpaired) electrons. The van der Waals surface area contributed by atoms with Crippen LogP contribution in [0.1, 0.15) is 19.2 Å². The quantitative estimate of drug-likeness (QED) is 0.483. The van der Waals surface area contributed by atoms with Gasteiger partial charge in [0.25, 0.3) is 0 Å². The molecule has 0 saturated heterocycles. The number of carbonyl (C=O) groups excluding carboxylic acids is 1. The van der Waals surface area contributed by atoms with E-state index in [4.69, 9.17) is 0 Å².